The van der Waals surface area contributed by atoms with E-state index in [1.54, 1.807) is 6.07 Å². The van der Waals surface area contributed by atoms with Crippen molar-refractivity contribution in [2.45, 2.75) is 58.7 Å². The van der Waals surface area contributed by atoms with Crippen molar-refractivity contribution in [1.82, 2.24) is 0 Å². The van der Waals surface area contributed by atoms with Gasteiger partial charge in [-0.3, -0.25) is 4.79 Å². The van der Waals surface area contributed by atoms with E-state index in [4.69, 9.17) is 4.74 Å². The van der Waals surface area contributed by atoms with E-state index in [-0.39, 0.29) is 37.6 Å². The summed E-state index contributed by atoms with van der Waals surface area (Å²) in [6, 6.07) is 1.54. The van der Waals surface area contributed by atoms with E-state index >= 15 is 0 Å². The molecule has 146 valence electrons. The highest BCUT2D eigenvalue weighted by Crippen LogP contribution is 2.41. The van der Waals surface area contributed by atoms with Gasteiger partial charge in [-0.05, 0) is 52.5 Å². The number of hydrogen-bond acceptors (Lipinski definition) is 4. The fraction of sp³-hybridized carbons (Fsp3) is 0.667. The van der Waals surface area contributed by atoms with Crippen LogP contribution in [0.4, 0.5) is 18.9 Å². The second-order valence-corrected chi connectivity index (χ2v) is 8.21. The molecule has 0 bridgehead atoms. The molecule has 1 aliphatic carbocycles. The molecule has 0 radical (unpaired) electrons. The number of nitrogens with zero attached hydrogens (tertiary/aromatic N) is 1. The molecule has 8 heteroatoms. The van der Waals surface area contributed by atoms with E-state index in [1.807, 2.05) is 20.8 Å². The molecule has 1 aromatic heterocycles. The van der Waals surface area contributed by atoms with E-state index in [0.717, 1.165) is 4.88 Å². The summed E-state index contributed by atoms with van der Waals surface area (Å²) in [5, 5.41) is 0. The lowest BCUT2D eigenvalue weighted by Gasteiger charge is -2.34. The Hall–Kier alpha value is -1.57. The molecule has 1 saturated carbocycles. The van der Waals surface area contributed by atoms with E-state index in [0.29, 0.717) is 10.6 Å². The maximum Gasteiger partial charge on any atom is 0.391 e. The maximum absolute atomic E-state index is 13.1. The minimum Gasteiger partial charge on any atom is -0.465 e. The summed E-state index contributed by atoms with van der Waals surface area (Å²) >= 11 is 1.24. The monoisotopic (exact) mass is 391 g/mol. The number of aryl methyl sites for hydroxylation is 1. The Balaban J connectivity index is 2.24. The van der Waals surface area contributed by atoms with Gasteiger partial charge >= 0.3 is 12.1 Å². The molecule has 1 amide bonds. The predicted molar refractivity (Wildman–Crippen MR) is 94.5 cm³/mol. The third-order valence-electron chi connectivity index (χ3n) is 4.76. The molecule has 2 rings (SSSR count). The van der Waals surface area contributed by atoms with Crippen LogP contribution < -0.4 is 4.90 Å². The predicted octanol–water partition coefficient (Wildman–Crippen LogP) is 4.95. The molecule has 0 unspecified atom stereocenters. The lowest BCUT2D eigenvalue weighted by molar-refractivity contribution is -0.184. The number of carbonyl (C=O) groups excluding carboxylic acids is 2. The van der Waals surface area contributed by atoms with Crippen LogP contribution in [0.1, 0.15) is 54.1 Å². The Bertz CT molecular complexity index is 661. The van der Waals surface area contributed by atoms with Crippen molar-refractivity contribution in [2.75, 3.05) is 12.0 Å². The standard InChI is InChI=1S/C18H24F3NO3S/c1-10(2)22(14-9-11(3)26-15(14)17(24)25-4)16(23)12-5-7-13(8-6-12)18(19,20)21/h9-10,12-13H,5-8H2,1-4H3/t12-,13-. The van der Waals surface area contributed by atoms with E-state index in [2.05, 4.69) is 0 Å². The number of alkyl halides is 3. The smallest absolute Gasteiger partial charge is 0.391 e. The summed E-state index contributed by atoms with van der Waals surface area (Å²) < 4.78 is 43.4. The molecule has 1 aromatic rings. The third-order valence-corrected chi connectivity index (χ3v) is 5.78. The van der Waals surface area contributed by atoms with Gasteiger partial charge in [0, 0.05) is 16.8 Å². The molecule has 1 heterocycles. The minimum atomic E-state index is -4.20. The summed E-state index contributed by atoms with van der Waals surface area (Å²) in [6.07, 6.45) is -3.84. The van der Waals surface area contributed by atoms with Gasteiger partial charge in [-0.2, -0.15) is 13.2 Å². The van der Waals surface area contributed by atoms with Crippen molar-refractivity contribution in [2.24, 2.45) is 11.8 Å². The number of halogens is 3. The molecule has 26 heavy (non-hydrogen) atoms. The van der Waals surface area contributed by atoms with Crippen LogP contribution in [0.2, 0.25) is 0 Å². The van der Waals surface area contributed by atoms with Gasteiger partial charge in [-0.15, -0.1) is 11.3 Å². The molecule has 0 saturated heterocycles. The SMILES string of the molecule is COC(=O)c1sc(C)cc1N(C(=O)[C@H]1CC[C@H](C(F)(F)F)CC1)C(C)C. The van der Waals surface area contributed by atoms with Crippen LogP contribution >= 0.6 is 11.3 Å². The minimum absolute atomic E-state index is 0.0294. The van der Waals surface area contributed by atoms with Crippen molar-refractivity contribution in [1.29, 1.82) is 0 Å². The van der Waals surface area contributed by atoms with Gasteiger partial charge in [0.1, 0.15) is 4.88 Å². The number of ether oxygens (including phenoxy) is 1. The van der Waals surface area contributed by atoms with Crippen molar-refractivity contribution in [3.63, 3.8) is 0 Å². The van der Waals surface area contributed by atoms with Gasteiger partial charge in [-0.25, -0.2) is 4.79 Å². The summed E-state index contributed by atoms with van der Waals surface area (Å²) in [4.78, 5) is 27.9. The number of thiophene rings is 1. The van der Waals surface area contributed by atoms with Gasteiger partial charge < -0.3 is 9.64 Å². The van der Waals surface area contributed by atoms with Gasteiger partial charge in [0.2, 0.25) is 5.91 Å². The summed E-state index contributed by atoms with van der Waals surface area (Å²) in [7, 11) is 1.28. The van der Waals surface area contributed by atoms with Crippen LogP contribution in [0.5, 0.6) is 0 Å². The number of carbonyl (C=O) groups is 2. The number of hydrogen-bond donors (Lipinski definition) is 0. The quantitative estimate of drug-likeness (QED) is 0.682. The largest absolute Gasteiger partial charge is 0.465 e. The fourth-order valence-electron chi connectivity index (χ4n) is 3.43. The van der Waals surface area contributed by atoms with Crippen molar-refractivity contribution in [3.8, 4) is 0 Å². The first-order chi connectivity index (χ1) is 12.1. The Morgan fingerprint density at radius 3 is 2.27 bits per heavy atom. The van der Waals surface area contributed by atoms with E-state index < -0.39 is 24.0 Å². The molecule has 0 aromatic carbocycles. The average Bonchev–Trinajstić information content (AvgIpc) is 2.94. The lowest BCUT2D eigenvalue weighted by Crippen LogP contribution is -2.43. The first-order valence-corrected chi connectivity index (χ1v) is 9.46. The third kappa shape index (κ3) is 4.39. The maximum atomic E-state index is 13.1. The molecular weight excluding hydrogens is 367 g/mol. The van der Waals surface area contributed by atoms with Crippen molar-refractivity contribution < 1.29 is 27.5 Å². The highest BCUT2D eigenvalue weighted by atomic mass is 32.1. The summed E-state index contributed by atoms with van der Waals surface area (Å²) in [6.45, 7) is 5.48. The first kappa shape index (κ1) is 20.7. The van der Waals surface area contributed by atoms with Crippen LogP contribution in [0.25, 0.3) is 0 Å². The van der Waals surface area contributed by atoms with Gasteiger partial charge in [0.05, 0.1) is 18.7 Å². The first-order valence-electron chi connectivity index (χ1n) is 8.64. The second kappa shape index (κ2) is 7.98. The van der Waals surface area contributed by atoms with Crippen LogP contribution in [-0.4, -0.2) is 31.2 Å². The zero-order valence-corrected chi connectivity index (χ0v) is 16.2. The molecule has 1 aliphatic rings. The second-order valence-electron chi connectivity index (χ2n) is 6.96. The molecule has 0 aliphatic heterocycles. The Kier molecular flexibility index (Phi) is 6.37. The Morgan fingerprint density at radius 1 is 1.23 bits per heavy atom. The van der Waals surface area contributed by atoms with E-state index in [9.17, 15) is 22.8 Å². The Labute approximate surface area is 155 Å². The molecule has 0 atom stereocenters. The number of esters is 1. The van der Waals surface area contributed by atoms with Crippen LogP contribution in [0, 0.1) is 18.8 Å². The highest BCUT2D eigenvalue weighted by Gasteiger charge is 2.43. The highest BCUT2D eigenvalue weighted by molar-refractivity contribution is 7.14. The fourth-order valence-corrected chi connectivity index (χ4v) is 4.36. The van der Waals surface area contributed by atoms with Gasteiger partial charge in [-0.1, -0.05) is 0 Å². The van der Waals surface area contributed by atoms with Crippen molar-refractivity contribution >= 4 is 28.9 Å². The molecule has 4 nitrogen and oxygen atoms in total. The average molecular weight is 391 g/mol. The topological polar surface area (TPSA) is 46.6 Å². The number of rotatable bonds is 4. The molecule has 1 fully saturated rings. The van der Waals surface area contributed by atoms with E-state index in [1.165, 1.54) is 23.3 Å². The molecule has 0 N–H and O–H groups in total. The Morgan fingerprint density at radius 2 is 1.81 bits per heavy atom. The zero-order valence-electron chi connectivity index (χ0n) is 15.4. The normalized spacial score (nSPS) is 20.9. The number of methoxy groups -OCH3 is 1. The van der Waals surface area contributed by atoms with Crippen LogP contribution in [-0.2, 0) is 9.53 Å². The molecular formula is C18H24F3NO3S. The molecule has 0 spiro atoms. The van der Waals surface area contributed by atoms with Crippen LogP contribution in [0.3, 0.4) is 0 Å². The van der Waals surface area contributed by atoms with Gasteiger partial charge in [0.25, 0.3) is 0 Å². The lowest BCUT2D eigenvalue weighted by atomic mass is 9.81. The summed E-state index contributed by atoms with van der Waals surface area (Å²) in [5.41, 5.74) is 0.484. The number of amides is 1. The van der Waals surface area contributed by atoms with Crippen molar-refractivity contribution in [3.05, 3.63) is 15.8 Å². The number of anilines is 1. The zero-order chi connectivity index (χ0) is 19.6. The van der Waals surface area contributed by atoms with Gasteiger partial charge in [0.15, 0.2) is 0 Å². The summed E-state index contributed by atoms with van der Waals surface area (Å²) in [5.74, 6) is -2.52. The van der Waals surface area contributed by atoms with Crippen LogP contribution in [0.15, 0.2) is 6.07 Å².